The van der Waals surface area contributed by atoms with Gasteiger partial charge < -0.3 is 20.3 Å². The molecular formula is C30H32N8O2S. The molecule has 3 aliphatic rings. The van der Waals surface area contributed by atoms with Crippen LogP contribution in [0.2, 0.25) is 0 Å². The molecular weight excluding hydrogens is 536 g/mol. The molecule has 11 heteroatoms. The number of piperidine rings is 1. The molecule has 2 N–H and O–H groups in total. The first-order valence-electron chi connectivity index (χ1n) is 14.3. The molecule has 3 fully saturated rings. The molecule has 2 saturated heterocycles. The van der Waals surface area contributed by atoms with E-state index in [1.165, 1.54) is 0 Å². The lowest BCUT2D eigenvalue weighted by molar-refractivity contribution is -0.123. The van der Waals surface area contributed by atoms with E-state index >= 15 is 0 Å². The van der Waals surface area contributed by atoms with Gasteiger partial charge in [-0.25, -0.2) is 4.52 Å². The summed E-state index contributed by atoms with van der Waals surface area (Å²) in [6.07, 6.45) is 14.9. The van der Waals surface area contributed by atoms with Crippen molar-refractivity contribution in [1.29, 1.82) is 0 Å². The average Bonchev–Trinajstić information content (AvgIpc) is 3.61. The number of pyridine rings is 1. The minimum Gasteiger partial charge on any atom is -0.381 e. The summed E-state index contributed by atoms with van der Waals surface area (Å²) in [4.78, 5) is 19.3. The quantitative estimate of drug-likeness (QED) is 0.322. The molecule has 1 amide bonds. The van der Waals surface area contributed by atoms with Crippen LogP contribution in [0.3, 0.4) is 0 Å². The molecule has 4 aromatic rings. The van der Waals surface area contributed by atoms with Crippen LogP contribution in [0.1, 0.15) is 44.1 Å². The third-order valence-electron chi connectivity index (χ3n) is 8.12. The molecule has 2 aliphatic heterocycles. The summed E-state index contributed by atoms with van der Waals surface area (Å²) in [6.45, 7) is 3.19. The van der Waals surface area contributed by atoms with Gasteiger partial charge in [-0.05, 0) is 62.8 Å². The minimum absolute atomic E-state index is 0.225. The molecule has 0 bridgehead atoms. The number of carbonyl (C=O) groups is 1. The molecule has 0 spiro atoms. The van der Waals surface area contributed by atoms with E-state index in [4.69, 9.17) is 16.1 Å². The van der Waals surface area contributed by atoms with Crippen molar-refractivity contribution in [1.82, 2.24) is 30.1 Å². The van der Waals surface area contributed by atoms with Crippen LogP contribution in [0.4, 0.5) is 10.8 Å². The Hall–Kier alpha value is -4.01. The van der Waals surface area contributed by atoms with Gasteiger partial charge in [-0.15, -0.1) is 16.6 Å². The lowest BCUT2D eigenvalue weighted by Crippen LogP contribution is -2.45. The molecule has 0 radical (unpaired) electrons. The number of hydrogen-bond acceptors (Lipinski definition) is 9. The van der Waals surface area contributed by atoms with Crippen LogP contribution in [0, 0.1) is 18.3 Å². The Labute approximate surface area is 242 Å². The number of ether oxygens (including phenoxy) is 1. The van der Waals surface area contributed by atoms with E-state index in [1.54, 1.807) is 17.5 Å². The number of hydrogen-bond donors (Lipinski definition) is 2. The van der Waals surface area contributed by atoms with Crippen LogP contribution >= 0.6 is 11.3 Å². The first-order valence-corrected chi connectivity index (χ1v) is 15.1. The molecule has 0 unspecified atom stereocenters. The monoisotopic (exact) mass is 568 g/mol. The van der Waals surface area contributed by atoms with Crippen LogP contribution in [-0.4, -0.2) is 69.1 Å². The largest absolute Gasteiger partial charge is 0.381 e. The van der Waals surface area contributed by atoms with Crippen molar-refractivity contribution in [2.24, 2.45) is 5.92 Å². The second-order valence-electron chi connectivity index (χ2n) is 11.0. The van der Waals surface area contributed by atoms with E-state index in [-0.39, 0.29) is 17.9 Å². The highest BCUT2D eigenvalue weighted by atomic mass is 32.1. The highest BCUT2D eigenvalue weighted by molar-refractivity contribution is 7.18. The van der Waals surface area contributed by atoms with Gasteiger partial charge >= 0.3 is 0 Å². The maximum Gasteiger partial charge on any atom is 0.223 e. The summed E-state index contributed by atoms with van der Waals surface area (Å²) >= 11 is 1.58. The maximum atomic E-state index is 12.2. The third kappa shape index (κ3) is 5.49. The molecule has 1 aliphatic carbocycles. The minimum atomic E-state index is 0.225. The fraction of sp³-hybridized carbons (Fsp3) is 0.433. The Morgan fingerprint density at radius 1 is 1.02 bits per heavy atom. The van der Waals surface area contributed by atoms with Crippen molar-refractivity contribution >= 4 is 33.6 Å². The zero-order chi connectivity index (χ0) is 27.8. The summed E-state index contributed by atoms with van der Waals surface area (Å²) in [6, 6.07) is 8.59. The number of anilines is 2. The standard InChI is InChI=1S/C30H32N8O2S/c1-2-19-15-23-5-6-27(38(23)32-17-19)26-16-25(33-22-9-13-40-14-10-22)24(18-31-26)29-35-36-30(41-29)37-11-7-21(8-12-37)34-28(39)20-3-4-20/h1,5-6,15-18,20-22H,3-4,7-14H2,(H,31,33)(H,34,39). The van der Waals surface area contributed by atoms with Gasteiger partial charge in [0.2, 0.25) is 11.0 Å². The van der Waals surface area contributed by atoms with Gasteiger partial charge in [0.1, 0.15) is 0 Å². The third-order valence-corrected chi connectivity index (χ3v) is 9.14. The highest BCUT2D eigenvalue weighted by Gasteiger charge is 2.32. The van der Waals surface area contributed by atoms with Crippen molar-refractivity contribution in [2.45, 2.75) is 50.6 Å². The van der Waals surface area contributed by atoms with Gasteiger partial charge in [-0.2, -0.15) is 5.10 Å². The van der Waals surface area contributed by atoms with E-state index in [0.29, 0.717) is 6.04 Å². The normalized spacial score (nSPS) is 18.4. The predicted octanol–water partition coefficient (Wildman–Crippen LogP) is 3.98. The molecule has 0 aromatic carbocycles. The van der Waals surface area contributed by atoms with Crippen LogP contribution < -0.4 is 15.5 Å². The Balaban J connectivity index is 1.14. The van der Waals surface area contributed by atoms with Gasteiger partial charge in [0.15, 0.2) is 5.01 Å². The summed E-state index contributed by atoms with van der Waals surface area (Å²) in [7, 11) is 0. The molecule has 6 heterocycles. The van der Waals surface area contributed by atoms with Crippen LogP contribution in [0.25, 0.3) is 27.5 Å². The van der Waals surface area contributed by atoms with E-state index in [2.05, 4.69) is 42.8 Å². The summed E-state index contributed by atoms with van der Waals surface area (Å²) in [5.41, 5.74) is 5.26. The lowest BCUT2D eigenvalue weighted by Gasteiger charge is -2.31. The Morgan fingerprint density at radius 2 is 1.85 bits per heavy atom. The van der Waals surface area contributed by atoms with Gasteiger partial charge in [0, 0.05) is 61.8 Å². The zero-order valence-electron chi connectivity index (χ0n) is 22.8. The predicted molar refractivity (Wildman–Crippen MR) is 159 cm³/mol. The fourth-order valence-corrected chi connectivity index (χ4v) is 6.47. The van der Waals surface area contributed by atoms with Crippen molar-refractivity contribution in [3.05, 3.63) is 42.2 Å². The number of carbonyl (C=O) groups excluding carboxylic acids is 1. The van der Waals surface area contributed by atoms with Gasteiger partial charge in [0.25, 0.3) is 0 Å². The van der Waals surface area contributed by atoms with E-state index in [9.17, 15) is 4.79 Å². The number of nitrogens with one attached hydrogen (secondary N) is 2. The number of amides is 1. The van der Waals surface area contributed by atoms with Gasteiger partial charge in [0.05, 0.1) is 28.7 Å². The molecule has 210 valence electrons. The van der Waals surface area contributed by atoms with Crippen LogP contribution in [0.15, 0.2) is 36.7 Å². The fourth-order valence-electron chi connectivity index (χ4n) is 5.55. The number of aromatic nitrogens is 5. The Kier molecular flexibility index (Phi) is 7.02. The van der Waals surface area contributed by atoms with E-state index in [0.717, 1.165) is 109 Å². The molecule has 7 rings (SSSR count). The zero-order valence-corrected chi connectivity index (χ0v) is 23.6. The maximum absolute atomic E-state index is 12.2. The van der Waals surface area contributed by atoms with Gasteiger partial charge in [-0.1, -0.05) is 17.3 Å². The number of rotatable bonds is 7. The molecule has 1 saturated carbocycles. The summed E-state index contributed by atoms with van der Waals surface area (Å²) in [5, 5.41) is 22.4. The number of terminal acetylenes is 1. The SMILES string of the molecule is C#Cc1cnn2c(-c3cc(NC4CCOCC4)c(-c4nnc(N5CCC(NC(=O)C6CC6)CC5)s4)cn3)ccc2c1. The summed E-state index contributed by atoms with van der Waals surface area (Å²) < 4.78 is 7.45. The first kappa shape index (κ1) is 25.9. The van der Waals surface area contributed by atoms with Crippen molar-refractivity contribution in [3.63, 3.8) is 0 Å². The number of nitrogens with zero attached hydrogens (tertiary/aromatic N) is 6. The Bertz CT molecular complexity index is 1610. The average molecular weight is 569 g/mol. The molecule has 4 aromatic heterocycles. The second-order valence-corrected chi connectivity index (χ2v) is 12.0. The Morgan fingerprint density at radius 3 is 2.63 bits per heavy atom. The first-order chi connectivity index (χ1) is 20.1. The van der Waals surface area contributed by atoms with E-state index in [1.807, 2.05) is 28.9 Å². The highest BCUT2D eigenvalue weighted by Crippen LogP contribution is 2.37. The second kappa shape index (κ2) is 11.1. The van der Waals surface area contributed by atoms with Crippen LogP contribution in [-0.2, 0) is 9.53 Å². The number of fused-ring (bicyclic) bond motifs is 1. The van der Waals surface area contributed by atoms with Crippen molar-refractivity contribution < 1.29 is 9.53 Å². The molecule has 0 atom stereocenters. The van der Waals surface area contributed by atoms with Gasteiger partial charge in [-0.3, -0.25) is 9.78 Å². The summed E-state index contributed by atoms with van der Waals surface area (Å²) in [5.74, 6) is 3.12. The topological polar surface area (TPSA) is 110 Å². The van der Waals surface area contributed by atoms with Crippen LogP contribution in [0.5, 0.6) is 0 Å². The van der Waals surface area contributed by atoms with E-state index < -0.39 is 0 Å². The lowest BCUT2D eigenvalue weighted by atomic mass is 10.1. The van der Waals surface area contributed by atoms with Crippen molar-refractivity contribution in [2.75, 3.05) is 36.5 Å². The van der Waals surface area contributed by atoms with Crippen molar-refractivity contribution in [3.8, 4) is 34.3 Å². The smallest absolute Gasteiger partial charge is 0.223 e. The molecule has 41 heavy (non-hydrogen) atoms. The molecule has 10 nitrogen and oxygen atoms in total.